The maximum Gasteiger partial charge on any atom is 0.128 e. The van der Waals surface area contributed by atoms with E-state index >= 15 is 0 Å². The molecule has 2 unspecified atom stereocenters. The molecule has 4 heteroatoms. The first-order valence-corrected chi connectivity index (χ1v) is 8.55. The molecule has 2 nitrogen and oxygen atoms in total. The largest absolute Gasteiger partial charge is 0.311 e. The van der Waals surface area contributed by atoms with E-state index in [1.54, 1.807) is 6.07 Å². The van der Waals surface area contributed by atoms with Crippen LogP contribution in [0, 0.1) is 11.7 Å². The van der Waals surface area contributed by atoms with E-state index in [0.717, 1.165) is 23.1 Å². The predicted octanol–water partition coefficient (Wildman–Crippen LogP) is 4.19. The van der Waals surface area contributed by atoms with Crippen LogP contribution < -0.4 is 5.32 Å². The van der Waals surface area contributed by atoms with E-state index in [9.17, 15) is 4.39 Å². The Labute approximate surface area is 136 Å². The Hall–Kier alpha value is -0.450. The number of piperazine rings is 1. The van der Waals surface area contributed by atoms with Gasteiger partial charge < -0.3 is 5.32 Å². The summed E-state index contributed by atoms with van der Waals surface area (Å²) in [4.78, 5) is 2.41. The molecule has 1 aromatic carbocycles. The Bertz CT molecular complexity index is 490. The molecule has 118 valence electrons. The van der Waals surface area contributed by atoms with Crippen molar-refractivity contribution in [2.75, 3.05) is 13.1 Å². The molecular formula is C17H26BrFN2. The maximum absolute atomic E-state index is 14.1. The Kier molecular flexibility index (Phi) is 5.44. The molecule has 1 aliphatic heterocycles. The van der Waals surface area contributed by atoms with Gasteiger partial charge in [-0.05, 0) is 31.9 Å². The van der Waals surface area contributed by atoms with Gasteiger partial charge in [0.2, 0.25) is 0 Å². The standard InChI is InChI=1S/C17H26BrFN2/c1-5-12(2)16-10-21(17(3,4)11-20-16)9-13-6-7-14(18)8-15(13)19/h6-8,12,16,20H,5,9-11H2,1-4H3. The average molecular weight is 357 g/mol. The highest BCUT2D eigenvalue weighted by atomic mass is 79.9. The van der Waals surface area contributed by atoms with Crippen LogP contribution in [-0.4, -0.2) is 29.6 Å². The van der Waals surface area contributed by atoms with Crippen LogP contribution in [0.4, 0.5) is 4.39 Å². The lowest BCUT2D eigenvalue weighted by atomic mass is 9.90. The summed E-state index contributed by atoms with van der Waals surface area (Å²) in [6, 6.07) is 5.84. The fraction of sp³-hybridized carbons (Fsp3) is 0.647. The lowest BCUT2D eigenvalue weighted by Crippen LogP contribution is -2.62. The molecule has 0 saturated carbocycles. The summed E-state index contributed by atoms with van der Waals surface area (Å²) in [5, 5.41) is 3.66. The second-order valence-corrected chi connectivity index (χ2v) is 7.72. The molecule has 0 aromatic heterocycles. The summed E-state index contributed by atoms with van der Waals surface area (Å²) in [6.07, 6.45) is 1.17. The van der Waals surface area contributed by atoms with Crippen LogP contribution in [0.1, 0.15) is 39.7 Å². The summed E-state index contributed by atoms with van der Waals surface area (Å²) < 4.78 is 14.9. The van der Waals surface area contributed by atoms with Crippen molar-refractivity contribution in [3.8, 4) is 0 Å². The first kappa shape index (κ1) is 16.9. The zero-order chi connectivity index (χ0) is 15.6. The minimum Gasteiger partial charge on any atom is -0.311 e. The smallest absolute Gasteiger partial charge is 0.128 e. The van der Waals surface area contributed by atoms with E-state index in [1.807, 2.05) is 12.1 Å². The first-order valence-electron chi connectivity index (χ1n) is 7.76. The van der Waals surface area contributed by atoms with Gasteiger partial charge in [-0.25, -0.2) is 4.39 Å². The summed E-state index contributed by atoms with van der Waals surface area (Å²) in [7, 11) is 0. The topological polar surface area (TPSA) is 15.3 Å². The van der Waals surface area contributed by atoms with Crippen LogP contribution in [0.25, 0.3) is 0 Å². The normalized spacial score (nSPS) is 24.0. The molecule has 2 atom stereocenters. The van der Waals surface area contributed by atoms with Gasteiger partial charge in [-0.15, -0.1) is 0 Å². The highest BCUT2D eigenvalue weighted by Crippen LogP contribution is 2.26. The van der Waals surface area contributed by atoms with Gasteiger partial charge >= 0.3 is 0 Å². The number of halogens is 2. The van der Waals surface area contributed by atoms with Gasteiger partial charge in [-0.2, -0.15) is 0 Å². The third kappa shape index (κ3) is 4.05. The highest BCUT2D eigenvalue weighted by Gasteiger charge is 2.35. The van der Waals surface area contributed by atoms with Crippen molar-refractivity contribution in [2.24, 2.45) is 5.92 Å². The second kappa shape index (κ2) is 6.76. The molecule has 0 spiro atoms. The molecule has 1 fully saturated rings. The highest BCUT2D eigenvalue weighted by molar-refractivity contribution is 9.10. The molecule has 1 N–H and O–H groups in total. The van der Waals surface area contributed by atoms with E-state index in [2.05, 4.69) is 53.8 Å². The minimum atomic E-state index is -0.126. The van der Waals surface area contributed by atoms with Crippen molar-refractivity contribution >= 4 is 15.9 Å². The summed E-state index contributed by atoms with van der Waals surface area (Å²) in [6.45, 7) is 11.5. The fourth-order valence-electron chi connectivity index (χ4n) is 2.84. The number of benzene rings is 1. The van der Waals surface area contributed by atoms with Crippen molar-refractivity contribution < 1.29 is 4.39 Å². The molecule has 0 amide bonds. The lowest BCUT2D eigenvalue weighted by Gasteiger charge is -2.47. The Morgan fingerprint density at radius 3 is 2.81 bits per heavy atom. The Morgan fingerprint density at radius 2 is 2.19 bits per heavy atom. The van der Waals surface area contributed by atoms with Crippen molar-refractivity contribution in [1.29, 1.82) is 0 Å². The van der Waals surface area contributed by atoms with Crippen LogP contribution in [0.15, 0.2) is 22.7 Å². The van der Waals surface area contributed by atoms with Crippen LogP contribution in [0.5, 0.6) is 0 Å². The fourth-order valence-corrected chi connectivity index (χ4v) is 3.17. The van der Waals surface area contributed by atoms with Crippen molar-refractivity contribution in [1.82, 2.24) is 10.2 Å². The van der Waals surface area contributed by atoms with E-state index in [4.69, 9.17) is 0 Å². The molecule has 21 heavy (non-hydrogen) atoms. The SMILES string of the molecule is CCC(C)C1CN(Cc2ccc(Br)cc2F)C(C)(C)CN1. The molecule has 0 aliphatic carbocycles. The van der Waals surface area contributed by atoms with Gasteiger partial charge in [0.1, 0.15) is 5.82 Å². The predicted molar refractivity (Wildman–Crippen MR) is 89.8 cm³/mol. The quantitative estimate of drug-likeness (QED) is 0.869. The van der Waals surface area contributed by atoms with E-state index in [0.29, 0.717) is 18.5 Å². The molecule has 0 radical (unpaired) electrons. The zero-order valence-corrected chi connectivity index (χ0v) is 15.0. The number of nitrogens with zero attached hydrogens (tertiary/aromatic N) is 1. The van der Waals surface area contributed by atoms with Gasteiger partial charge in [0.05, 0.1) is 0 Å². The van der Waals surface area contributed by atoms with Crippen LogP contribution in [-0.2, 0) is 6.54 Å². The molecule has 1 heterocycles. The molecule has 2 rings (SSSR count). The monoisotopic (exact) mass is 356 g/mol. The summed E-state index contributed by atoms with van der Waals surface area (Å²) in [5.41, 5.74) is 0.819. The van der Waals surface area contributed by atoms with Crippen LogP contribution >= 0.6 is 15.9 Å². The molecule has 1 saturated heterocycles. The molecule has 1 aliphatic rings. The Balaban J connectivity index is 2.14. The van der Waals surface area contributed by atoms with Gasteiger partial charge in [0, 0.05) is 41.3 Å². The average Bonchev–Trinajstić information content (AvgIpc) is 2.42. The second-order valence-electron chi connectivity index (χ2n) is 6.80. The molecular weight excluding hydrogens is 331 g/mol. The van der Waals surface area contributed by atoms with Gasteiger partial charge in [-0.1, -0.05) is 42.3 Å². The van der Waals surface area contributed by atoms with Gasteiger partial charge in [0.25, 0.3) is 0 Å². The molecule has 0 bridgehead atoms. The zero-order valence-electron chi connectivity index (χ0n) is 13.4. The van der Waals surface area contributed by atoms with E-state index in [-0.39, 0.29) is 11.4 Å². The van der Waals surface area contributed by atoms with Gasteiger partial charge in [0.15, 0.2) is 0 Å². The van der Waals surface area contributed by atoms with Crippen LogP contribution in [0.3, 0.4) is 0 Å². The third-order valence-electron chi connectivity index (χ3n) is 4.78. The summed E-state index contributed by atoms with van der Waals surface area (Å²) in [5.74, 6) is 0.511. The molecule has 1 aromatic rings. The van der Waals surface area contributed by atoms with Crippen molar-refractivity contribution in [3.05, 3.63) is 34.1 Å². The van der Waals surface area contributed by atoms with Crippen molar-refractivity contribution in [2.45, 2.75) is 52.2 Å². The number of nitrogens with one attached hydrogen (secondary N) is 1. The number of hydrogen-bond acceptors (Lipinski definition) is 2. The number of rotatable bonds is 4. The van der Waals surface area contributed by atoms with Crippen LogP contribution in [0.2, 0.25) is 0 Å². The maximum atomic E-state index is 14.1. The lowest BCUT2D eigenvalue weighted by molar-refractivity contribution is 0.0440. The van der Waals surface area contributed by atoms with Crippen molar-refractivity contribution in [3.63, 3.8) is 0 Å². The van der Waals surface area contributed by atoms with E-state index < -0.39 is 0 Å². The van der Waals surface area contributed by atoms with E-state index in [1.165, 1.54) is 6.42 Å². The Morgan fingerprint density at radius 1 is 1.48 bits per heavy atom. The minimum absolute atomic E-state index is 0.0451. The summed E-state index contributed by atoms with van der Waals surface area (Å²) >= 11 is 3.32. The number of hydrogen-bond donors (Lipinski definition) is 1. The first-order chi connectivity index (χ1) is 9.83. The van der Waals surface area contributed by atoms with Gasteiger partial charge in [-0.3, -0.25) is 4.90 Å². The third-order valence-corrected chi connectivity index (χ3v) is 5.27.